The molecule has 3 aromatic rings. The molecule has 0 radical (unpaired) electrons. The van der Waals surface area contributed by atoms with E-state index in [1.807, 2.05) is 81.2 Å². The van der Waals surface area contributed by atoms with Crippen LogP contribution in [-0.4, -0.2) is 29.0 Å². The second-order valence-electron chi connectivity index (χ2n) is 6.71. The monoisotopic (exact) mass is 376 g/mol. The van der Waals surface area contributed by atoms with Gasteiger partial charge in [0.1, 0.15) is 11.4 Å². The van der Waals surface area contributed by atoms with E-state index < -0.39 is 0 Å². The summed E-state index contributed by atoms with van der Waals surface area (Å²) >= 11 is 0. The van der Waals surface area contributed by atoms with Crippen molar-refractivity contribution in [2.24, 2.45) is 0 Å². The first kappa shape index (κ1) is 19.4. The Morgan fingerprint density at radius 2 is 1.71 bits per heavy atom. The van der Waals surface area contributed by atoms with Crippen LogP contribution in [0.2, 0.25) is 0 Å². The number of amides is 1. The highest BCUT2D eigenvalue weighted by Crippen LogP contribution is 2.26. The molecule has 0 fully saturated rings. The van der Waals surface area contributed by atoms with Crippen LogP contribution in [0.25, 0.3) is 0 Å². The predicted octanol–water partition coefficient (Wildman–Crippen LogP) is 4.59. The van der Waals surface area contributed by atoms with Crippen molar-refractivity contribution < 1.29 is 9.53 Å². The van der Waals surface area contributed by atoms with Gasteiger partial charge in [0.05, 0.1) is 11.8 Å². The van der Waals surface area contributed by atoms with E-state index in [1.165, 1.54) is 0 Å². The normalized spacial score (nSPS) is 10.6. The molecule has 0 atom stereocenters. The van der Waals surface area contributed by atoms with Gasteiger partial charge in [-0.15, -0.1) is 0 Å². The Kier molecular flexibility index (Phi) is 5.89. The first-order valence-electron chi connectivity index (χ1n) is 9.15. The highest BCUT2D eigenvalue weighted by Gasteiger charge is 2.16. The van der Waals surface area contributed by atoms with Gasteiger partial charge in [-0.25, -0.2) is 9.97 Å². The van der Waals surface area contributed by atoms with Crippen molar-refractivity contribution in [2.45, 2.75) is 26.9 Å². The fourth-order valence-corrected chi connectivity index (χ4v) is 2.70. The summed E-state index contributed by atoms with van der Waals surface area (Å²) in [6, 6.07) is 18.8. The quantitative estimate of drug-likeness (QED) is 0.681. The fourth-order valence-electron chi connectivity index (χ4n) is 2.70. The summed E-state index contributed by atoms with van der Waals surface area (Å²) in [7, 11) is 1.87. The molecule has 1 aromatic heterocycles. The van der Waals surface area contributed by atoms with E-state index >= 15 is 0 Å². The van der Waals surface area contributed by atoms with Crippen LogP contribution in [-0.2, 0) is 0 Å². The third-order valence-corrected chi connectivity index (χ3v) is 4.02. The Morgan fingerprint density at radius 1 is 1.04 bits per heavy atom. The molecule has 6 heteroatoms. The first-order valence-corrected chi connectivity index (χ1v) is 9.15. The number of hydrogen-bond donors (Lipinski definition) is 1. The van der Waals surface area contributed by atoms with Crippen LogP contribution < -0.4 is 15.0 Å². The van der Waals surface area contributed by atoms with E-state index in [0.29, 0.717) is 28.8 Å². The van der Waals surface area contributed by atoms with Gasteiger partial charge in [-0.1, -0.05) is 30.3 Å². The minimum atomic E-state index is -0.312. The van der Waals surface area contributed by atoms with Gasteiger partial charge in [-0.05, 0) is 51.1 Å². The zero-order chi connectivity index (χ0) is 20.1. The molecule has 0 aliphatic rings. The Bertz CT molecular complexity index is 958. The zero-order valence-corrected chi connectivity index (χ0v) is 16.5. The third kappa shape index (κ3) is 4.65. The van der Waals surface area contributed by atoms with E-state index in [4.69, 9.17) is 4.74 Å². The number of rotatable bonds is 6. The number of para-hydroxylation sites is 3. The molecule has 0 bridgehead atoms. The van der Waals surface area contributed by atoms with Crippen LogP contribution in [0.5, 0.6) is 5.75 Å². The standard InChI is InChI=1S/C22H24N4O2/c1-15(2)28-20-13-9-8-12-18(20)24-21(27)19-14-16(3)23-22(25-19)26(4)17-10-6-5-7-11-17/h5-15H,1-4H3,(H,24,27). The van der Waals surface area contributed by atoms with Crippen molar-refractivity contribution in [1.29, 1.82) is 0 Å². The maximum Gasteiger partial charge on any atom is 0.274 e. The van der Waals surface area contributed by atoms with E-state index in [9.17, 15) is 4.79 Å². The Hall–Kier alpha value is -3.41. The zero-order valence-electron chi connectivity index (χ0n) is 16.5. The smallest absolute Gasteiger partial charge is 0.274 e. The molecule has 0 aliphatic carbocycles. The van der Waals surface area contributed by atoms with Crippen LogP contribution >= 0.6 is 0 Å². The van der Waals surface area contributed by atoms with Gasteiger partial charge in [-0.2, -0.15) is 0 Å². The van der Waals surface area contributed by atoms with Crippen molar-refractivity contribution in [3.05, 3.63) is 72.1 Å². The lowest BCUT2D eigenvalue weighted by atomic mass is 10.2. The Labute approximate surface area is 165 Å². The van der Waals surface area contributed by atoms with E-state index in [0.717, 1.165) is 5.69 Å². The van der Waals surface area contributed by atoms with Crippen molar-refractivity contribution in [1.82, 2.24) is 9.97 Å². The number of benzene rings is 2. The van der Waals surface area contributed by atoms with Crippen LogP contribution in [0.15, 0.2) is 60.7 Å². The highest BCUT2D eigenvalue weighted by atomic mass is 16.5. The number of nitrogens with one attached hydrogen (secondary N) is 1. The summed E-state index contributed by atoms with van der Waals surface area (Å²) < 4.78 is 5.77. The summed E-state index contributed by atoms with van der Waals surface area (Å²) in [5.41, 5.74) is 2.56. The molecular weight excluding hydrogens is 352 g/mol. The molecule has 1 N–H and O–H groups in total. The lowest BCUT2D eigenvalue weighted by Crippen LogP contribution is -2.19. The van der Waals surface area contributed by atoms with Crippen molar-refractivity contribution in [3.63, 3.8) is 0 Å². The lowest BCUT2D eigenvalue weighted by molar-refractivity contribution is 0.102. The van der Waals surface area contributed by atoms with Crippen LogP contribution in [0.3, 0.4) is 0 Å². The van der Waals surface area contributed by atoms with Crippen molar-refractivity contribution in [3.8, 4) is 5.75 Å². The number of carbonyl (C=O) groups is 1. The molecule has 0 unspecified atom stereocenters. The second-order valence-corrected chi connectivity index (χ2v) is 6.71. The number of carbonyl (C=O) groups excluding carboxylic acids is 1. The second kappa shape index (κ2) is 8.52. The maximum absolute atomic E-state index is 12.8. The third-order valence-electron chi connectivity index (χ3n) is 4.02. The molecule has 28 heavy (non-hydrogen) atoms. The maximum atomic E-state index is 12.8. The molecule has 0 spiro atoms. The van der Waals surface area contributed by atoms with Gasteiger partial charge >= 0.3 is 0 Å². The Morgan fingerprint density at radius 3 is 2.43 bits per heavy atom. The SMILES string of the molecule is Cc1cc(C(=O)Nc2ccccc2OC(C)C)nc(N(C)c2ccccc2)n1. The Balaban J connectivity index is 1.86. The summed E-state index contributed by atoms with van der Waals surface area (Å²) in [6.07, 6.45) is 0.00507. The summed E-state index contributed by atoms with van der Waals surface area (Å²) in [4.78, 5) is 23.6. The van der Waals surface area contributed by atoms with Gasteiger partial charge in [0.2, 0.25) is 5.95 Å². The molecular formula is C22H24N4O2. The van der Waals surface area contributed by atoms with Gasteiger partial charge in [-0.3, -0.25) is 4.79 Å². The summed E-state index contributed by atoms with van der Waals surface area (Å²) in [5, 5.41) is 2.89. The molecule has 0 saturated heterocycles. The highest BCUT2D eigenvalue weighted by molar-refractivity contribution is 6.04. The number of hydrogen-bond acceptors (Lipinski definition) is 5. The van der Waals surface area contributed by atoms with Gasteiger partial charge in [0.25, 0.3) is 5.91 Å². The van der Waals surface area contributed by atoms with Crippen molar-refractivity contribution >= 4 is 23.2 Å². The minimum Gasteiger partial charge on any atom is -0.489 e. The van der Waals surface area contributed by atoms with E-state index in [-0.39, 0.29) is 12.0 Å². The molecule has 144 valence electrons. The molecule has 0 saturated carbocycles. The van der Waals surface area contributed by atoms with Gasteiger partial charge in [0, 0.05) is 18.4 Å². The number of aromatic nitrogens is 2. The van der Waals surface area contributed by atoms with Crippen molar-refractivity contribution in [2.75, 3.05) is 17.3 Å². The average Bonchev–Trinajstić information content (AvgIpc) is 2.68. The molecule has 3 rings (SSSR count). The summed E-state index contributed by atoms with van der Waals surface area (Å²) in [6.45, 7) is 5.73. The van der Waals surface area contributed by atoms with Crippen LogP contribution in [0, 0.1) is 6.92 Å². The number of nitrogens with zero attached hydrogens (tertiary/aromatic N) is 3. The predicted molar refractivity (Wildman–Crippen MR) is 111 cm³/mol. The van der Waals surface area contributed by atoms with E-state index in [2.05, 4.69) is 15.3 Å². The number of anilines is 3. The summed E-state index contributed by atoms with van der Waals surface area (Å²) in [5.74, 6) is 0.773. The average molecular weight is 376 g/mol. The largest absolute Gasteiger partial charge is 0.489 e. The van der Waals surface area contributed by atoms with Crippen LogP contribution in [0.1, 0.15) is 30.0 Å². The molecule has 1 heterocycles. The fraction of sp³-hybridized carbons (Fsp3) is 0.227. The number of aryl methyl sites for hydroxylation is 1. The van der Waals surface area contributed by atoms with E-state index in [1.54, 1.807) is 12.1 Å². The van der Waals surface area contributed by atoms with Gasteiger partial charge in [0.15, 0.2) is 0 Å². The topological polar surface area (TPSA) is 67.3 Å². The minimum absolute atomic E-state index is 0.00507. The molecule has 1 amide bonds. The molecule has 2 aromatic carbocycles. The molecule has 0 aliphatic heterocycles. The lowest BCUT2D eigenvalue weighted by Gasteiger charge is -2.18. The molecule has 6 nitrogen and oxygen atoms in total. The number of ether oxygens (including phenoxy) is 1. The van der Waals surface area contributed by atoms with Gasteiger partial charge < -0.3 is 15.0 Å². The van der Waals surface area contributed by atoms with Crippen LogP contribution in [0.4, 0.5) is 17.3 Å². The first-order chi connectivity index (χ1) is 13.4.